The molecule has 0 spiro atoms. The maximum atomic E-state index is 12.3. The number of allylic oxidation sites excluding steroid dienone is 2. The standard InChI is InChI=1S/C26H44O3/c1-4-5-6-7-8-9-10-11-12-13-14-15-16-17-18-19-22(27)25-23(28)20-26(2,3)21-24(25)29/h11-12,25H,4-10,13-21H2,1-3H3/b12-11-. The van der Waals surface area contributed by atoms with Gasteiger partial charge in [-0.05, 0) is 37.5 Å². The lowest BCUT2D eigenvalue weighted by Crippen LogP contribution is -2.41. The molecule has 166 valence electrons. The molecule has 3 heteroatoms. The van der Waals surface area contributed by atoms with Crippen LogP contribution in [0.25, 0.3) is 0 Å². The fraction of sp³-hybridized carbons (Fsp3) is 0.808. The van der Waals surface area contributed by atoms with Crippen LogP contribution in [0.4, 0.5) is 0 Å². The average molecular weight is 405 g/mol. The minimum absolute atomic E-state index is 0.145. The molecule has 3 nitrogen and oxygen atoms in total. The van der Waals surface area contributed by atoms with Crippen molar-refractivity contribution in [2.45, 2.75) is 124 Å². The van der Waals surface area contributed by atoms with Crippen LogP contribution in [-0.4, -0.2) is 17.3 Å². The molecule has 0 unspecified atom stereocenters. The highest BCUT2D eigenvalue weighted by Crippen LogP contribution is 2.34. The van der Waals surface area contributed by atoms with Gasteiger partial charge in [0.2, 0.25) is 0 Å². The predicted molar refractivity (Wildman–Crippen MR) is 121 cm³/mol. The second kappa shape index (κ2) is 14.7. The predicted octanol–water partition coefficient (Wildman–Crippen LogP) is 7.17. The van der Waals surface area contributed by atoms with E-state index >= 15 is 0 Å². The van der Waals surface area contributed by atoms with Crippen LogP contribution in [0, 0.1) is 11.3 Å². The zero-order valence-electron chi connectivity index (χ0n) is 19.3. The van der Waals surface area contributed by atoms with E-state index < -0.39 is 5.92 Å². The second-order valence-electron chi connectivity index (χ2n) is 9.68. The van der Waals surface area contributed by atoms with E-state index in [0.29, 0.717) is 19.3 Å². The Hall–Kier alpha value is -1.25. The molecule has 0 bridgehead atoms. The molecule has 1 fully saturated rings. The SMILES string of the molecule is CCCCCCCC/C=C\CCCCCCCC(=O)C1C(=O)CC(C)(C)CC1=O. The fourth-order valence-corrected chi connectivity index (χ4v) is 4.26. The second-order valence-corrected chi connectivity index (χ2v) is 9.68. The lowest BCUT2D eigenvalue weighted by atomic mass is 9.70. The van der Waals surface area contributed by atoms with Crippen LogP contribution in [0.5, 0.6) is 0 Å². The van der Waals surface area contributed by atoms with Crippen LogP contribution >= 0.6 is 0 Å². The number of Topliss-reactive ketones (excluding diaryl/α,β-unsaturated/α-hetero) is 3. The maximum absolute atomic E-state index is 12.3. The van der Waals surface area contributed by atoms with Crippen LogP contribution in [0.2, 0.25) is 0 Å². The van der Waals surface area contributed by atoms with Crippen LogP contribution in [0.1, 0.15) is 124 Å². The minimum Gasteiger partial charge on any atom is -0.298 e. The van der Waals surface area contributed by atoms with Gasteiger partial charge < -0.3 is 0 Å². The van der Waals surface area contributed by atoms with Crippen molar-refractivity contribution in [3.8, 4) is 0 Å². The first-order valence-corrected chi connectivity index (χ1v) is 12.1. The summed E-state index contributed by atoms with van der Waals surface area (Å²) in [5, 5.41) is 0. The third-order valence-corrected chi connectivity index (χ3v) is 5.96. The summed E-state index contributed by atoms with van der Waals surface area (Å²) in [4.78, 5) is 36.7. The molecule has 0 radical (unpaired) electrons. The molecule has 0 heterocycles. The normalized spacial score (nSPS) is 17.3. The molecular weight excluding hydrogens is 360 g/mol. The monoisotopic (exact) mass is 404 g/mol. The van der Waals surface area contributed by atoms with Gasteiger partial charge in [-0.3, -0.25) is 14.4 Å². The summed E-state index contributed by atoms with van der Waals surface area (Å²) in [5.74, 6) is -1.43. The highest BCUT2D eigenvalue weighted by molar-refractivity contribution is 6.20. The topological polar surface area (TPSA) is 51.2 Å². The van der Waals surface area contributed by atoms with Crippen molar-refractivity contribution in [3.63, 3.8) is 0 Å². The molecule has 0 N–H and O–H groups in total. The highest BCUT2D eigenvalue weighted by Gasteiger charge is 2.42. The molecule has 0 saturated heterocycles. The van der Waals surface area contributed by atoms with Gasteiger partial charge in [-0.15, -0.1) is 0 Å². The Morgan fingerprint density at radius 3 is 1.76 bits per heavy atom. The fourth-order valence-electron chi connectivity index (χ4n) is 4.26. The van der Waals surface area contributed by atoms with E-state index in [0.717, 1.165) is 25.7 Å². The lowest BCUT2D eigenvalue weighted by molar-refractivity contribution is -0.145. The number of ketones is 3. The van der Waals surface area contributed by atoms with Gasteiger partial charge in [0.05, 0.1) is 0 Å². The summed E-state index contributed by atoms with van der Waals surface area (Å²) >= 11 is 0. The Morgan fingerprint density at radius 1 is 0.793 bits per heavy atom. The van der Waals surface area contributed by atoms with E-state index in [2.05, 4.69) is 19.1 Å². The summed E-state index contributed by atoms with van der Waals surface area (Å²) in [6, 6.07) is 0. The molecule has 0 amide bonds. The molecule has 0 aromatic carbocycles. The smallest absolute Gasteiger partial charge is 0.151 e. The van der Waals surface area contributed by atoms with Crippen molar-refractivity contribution in [1.82, 2.24) is 0 Å². The van der Waals surface area contributed by atoms with Crippen molar-refractivity contribution in [1.29, 1.82) is 0 Å². The first-order valence-electron chi connectivity index (χ1n) is 12.1. The van der Waals surface area contributed by atoms with Gasteiger partial charge in [0.1, 0.15) is 5.92 Å². The lowest BCUT2D eigenvalue weighted by Gasteiger charge is -2.31. The summed E-state index contributed by atoms with van der Waals surface area (Å²) in [6.07, 6.45) is 21.5. The van der Waals surface area contributed by atoms with Gasteiger partial charge in [-0.2, -0.15) is 0 Å². The van der Waals surface area contributed by atoms with Crippen molar-refractivity contribution < 1.29 is 14.4 Å². The Labute approximate surface area is 179 Å². The molecule has 1 saturated carbocycles. The zero-order valence-corrected chi connectivity index (χ0v) is 19.3. The van der Waals surface area contributed by atoms with E-state index in [1.54, 1.807) is 0 Å². The number of hydrogen-bond acceptors (Lipinski definition) is 3. The Morgan fingerprint density at radius 2 is 1.24 bits per heavy atom. The Kier molecular flexibility index (Phi) is 13.1. The third kappa shape index (κ3) is 11.5. The van der Waals surface area contributed by atoms with E-state index in [1.165, 1.54) is 57.8 Å². The molecule has 1 rings (SSSR count). The number of hydrogen-bond donors (Lipinski definition) is 0. The molecule has 29 heavy (non-hydrogen) atoms. The molecular formula is C26H44O3. The van der Waals surface area contributed by atoms with Gasteiger partial charge in [0.15, 0.2) is 17.3 Å². The van der Waals surface area contributed by atoms with Gasteiger partial charge >= 0.3 is 0 Å². The van der Waals surface area contributed by atoms with Crippen LogP contribution < -0.4 is 0 Å². The third-order valence-electron chi connectivity index (χ3n) is 5.96. The zero-order chi connectivity index (χ0) is 21.5. The summed E-state index contributed by atoms with van der Waals surface area (Å²) in [7, 11) is 0. The van der Waals surface area contributed by atoms with Gasteiger partial charge in [0.25, 0.3) is 0 Å². The van der Waals surface area contributed by atoms with E-state index in [9.17, 15) is 14.4 Å². The number of carbonyl (C=O) groups is 3. The van der Waals surface area contributed by atoms with Gasteiger partial charge in [0, 0.05) is 19.3 Å². The summed E-state index contributed by atoms with van der Waals surface area (Å²) in [5.41, 5.74) is -0.284. The van der Waals surface area contributed by atoms with Crippen molar-refractivity contribution in [2.24, 2.45) is 11.3 Å². The number of carbonyl (C=O) groups excluding carboxylic acids is 3. The summed E-state index contributed by atoms with van der Waals surface area (Å²) < 4.78 is 0. The molecule has 0 aromatic rings. The van der Waals surface area contributed by atoms with Crippen LogP contribution in [0.15, 0.2) is 12.2 Å². The number of unbranched alkanes of at least 4 members (excludes halogenated alkanes) is 11. The summed E-state index contributed by atoms with van der Waals surface area (Å²) in [6.45, 7) is 6.10. The molecule has 1 aliphatic rings. The van der Waals surface area contributed by atoms with Crippen molar-refractivity contribution in [3.05, 3.63) is 12.2 Å². The van der Waals surface area contributed by atoms with Crippen molar-refractivity contribution in [2.75, 3.05) is 0 Å². The average Bonchev–Trinajstić information content (AvgIpc) is 2.63. The molecule has 0 atom stereocenters. The first-order chi connectivity index (χ1) is 13.9. The van der Waals surface area contributed by atoms with E-state index in [1.807, 2.05) is 13.8 Å². The highest BCUT2D eigenvalue weighted by atomic mass is 16.2. The Bertz CT molecular complexity index is 510. The van der Waals surface area contributed by atoms with Gasteiger partial charge in [-0.1, -0.05) is 84.3 Å². The number of rotatable bonds is 16. The molecule has 0 aliphatic heterocycles. The minimum atomic E-state index is -0.959. The quantitative estimate of drug-likeness (QED) is 0.156. The van der Waals surface area contributed by atoms with Crippen LogP contribution in [-0.2, 0) is 14.4 Å². The van der Waals surface area contributed by atoms with Gasteiger partial charge in [-0.25, -0.2) is 0 Å². The largest absolute Gasteiger partial charge is 0.298 e. The first kappa shape index (κ1) is 25.8. The van der Waals surface area contributed by atoms with Crippen molar-refractivity contribution >= 4 is 17.3 Å². The van der Waals surface area contributed by atoms with E-state index in [-0.39, 0.29) is 22.8 Å². The Balaban J connectivity index is 1.99. The molecule has 0 aromatic heterocycles. The maximum Gasteiger partial charge on any atom is 0.151 e. The van der Waals surface area contributed by atoms with Crippen LogP contribution in [0.3, 0.4) is 0 Å². The van der Waals surface area contributed by atoms with E-state index in [4.69, 9.17) is 0 Å². The molecule has 1 aliphatic carbocycles.